The van der Waals surface area contributed by atoms with Gasteiger partial charge in [-0.2, -0.15) is 0 Å². The molecule has 0 atom stereocenters. The van der Waals surface area contributed by atoms with Gasteiger partial charge in [-0.3, -0.25) is 4.79 Å². The van der Waals surface area contributed by atoms with Gasteiger partial charge < -0.3 is 10.4 Å². The Bertz CT molecular complexity index is 606. The van der Waals surface area contributed by atoms with E-state index in [1.807, 2.05) is 16.8 Å². The number of carbonyl (C=O) groups is 1. The molecule has 2 aromatic rings. The molecule has 1 aromatic heterocycles. The summed E-state index contributed by atoms with van der Waals surface area (Å²) >= 11 is 0. The third-order valence-electron chi connectivity index (χ3n) is 2.93. The maximum atomic E-state index is 11.2. The Morgan fingerprint density at radius 3 is 3.05 bits per heavy atom. The molecule has 0 spiro atoms. The Morgan fingerprint density at radius 1 is 1.47 bits per heavy atom. The second-order valence-electron chi connectivity index (χ2n) is 4.47. The summed E-state index contributed by atoms with van der Waals surface area (Å²) in [7, 11) is 0. The highest BCUT2D eigenvalue weighted by molar-refractivity contribution is 5.92. The van der Waals surface area contributed by atoms with Gasteiger partial charge in [-0.05, 0) is 35.4 Å². The summed E-state index contributed by atoms with van der Waals surface area (Å²) in [6.07, 6.45) is 2.19. The maximum Gasteiger partial charge on any atom is 0.250 e. The second-order valence-corrected chi connectivity index (χ2v) is 4.47. The van der Waals surface area contributed by atoms with Crippen molar-refractivity contribution in [2.45, 2.75) is 18.9 Å². The van der Waals surface area contributed by atoms with Crippen LogP contribution in [0.25, 0.3) is 11.4 Å². The summed E-state index contributed by atoms with van der Waals surface area (Å²) in [5, 5.41) is 23.0. The minimum absolute atomic E-state index is 0.390. The molecule has 0 unspecified atom stereocenters. The molecule has 0 bridgehead atoms. The zero-order valence-corrected chi connectivity index (χ0v) is 10.2. The van der Waals surface area contributed by atoms with E-state index in [0.717, 1.165) is 18.4 Å². The molecule has 1 fully saturated rings. The molecule has 0 saturated heterocycles. The standard InChI is InChI=1S/C12H13N5O2/c18-7-11(19)13-9-3-1-2-8(6-9)12-14-15-16-17(12)10-4-5-10/h1-3,6,10,18H,4-5,7H2,(H,13,19). The van der Waals surface area contributed by atoms with Crippen LogP contribution in [-0.2, 0) is 4.79 Å². The van der Waals surface area contributed by atoms with E-state index in [1.165, 1.54) is 0 Å². The van der Waals surface area contributed by atoms with Crippen LogP contribution >= 0.6 is 0 Å². The number of anilines is 1. The van der Waals surface area contributed by atoms with Crippen molar-refractivity contribution in [1.29, 1.82) is 0 Å². The number of hydrogen-bond acceptors (Lipinski definition) is 5. The van der Waals surface area contributed by atoms with Crippen molar-refractivity contribution < 1.29 is 9.90 Å². The highest BCUT2D eigenvalue weighted by atomic mass is 16.3. The number of amides is 1. The summed E-state index contributed by atoms with van der Waals surface area (Å²) in [4.78, 5) is 11.2. The van der Waals surface area contributed by atoms with Crippen LogP contribution in [0.5, 0.6) is 0 Å². The number of hydrogen-bond donors (Lipinski definition) is 2. The average molecular weight is 259 g/mol. The van der Waals surface area contributed by atoms with E-state index in [2.05, 4.69) is 20.8 Å². The number of nitrogens with one attached hydrogen (secondary N) is 1. The molecule has 1 aliphatic rings. The van der Waals surface area contributed by atoms with E-state index in [9.17, 15) is 4.79 Å². The van der Waals surface area contributed by atoms with E-state index in [-0.39, 0.29) is 0 Å². The molecule has 7 heteroatoms. The number of tetrazole rings is 1. The molecule has 0 radical (unpaired) electrons. The number of aliphatic hydroxyl groups excluding tert-OH is 1. The first kappa shape index (κ1) is 11.8. The van der Waals surface area contributed by atoms with Crippen molar-refractivity contribution in [3.8, 4) is 11.4 Å². The predicted molar refractivity (Wildman–Crippen MR) is 67.2 cm³/mol. The van der Waals surface area contributed by atoms with Gasteiger partial charge >= 0.3 is 0 Å². The molecule has 1 heterocycles. The lowest BCUT2D eigenvalue weighted by molar-refractivity contribution is -0.118. The van der Waals surface area contributed by atoms with E-state index < -0.39 is 12.5 Å². The number of carbonyl (C=O) groups excluding carboxylic acids is 1. The van der Waals surface area contributed by atoms with Gasteiger partial charge in [0.15, 0.2) is 5.82 Å². The number of rotatable bonds is 4. The van der Waals surface area contributed by atoms with Gasteiger partial charge in [0.2, 0.25) is 5.91 Å². The molecule has 1 saturated carbocycles. The first-order valence-electron chi connectivity index (χ1n) is 6.07. The van der Waals surface area contributed by atoms with Crippen LogP contribution in [0.4, 0.5) is 5.69 Å². The van der Waals surface area contributed by atoms with Crippen LogP contribution in [-0.4, -0.2) is 37.8 Å². The molecular weight excluding hydrogens is 246 g/mol. The summed E-state index contributed by atoms with van der Waals surface area (Å²) in [6.45, 7) is -0.538. The largest absolute Gasteiger partial charge is 0.387 e. The van der Waals surface area contributed by atoms with Crippen molar-refractivity contribution in [2.24, 2.45) is 0 Å². The predicted octanol–water partition coefficient (Wildman–Crippen LogP) is 0.606. The van der Waals surface area contributed by atoms with Gasteiger partial charge in [-0.1, -0.05) is 12.1 Å². The molecule has 0 aliphatic heterocycles. The summed E-state index contributed by atoms with van der Waals surface area (Å²) < 4.78 is 1.81. The van der Waals surface area contributed by atoms with E-state index in [4.69, 9.17) is 5.11 Å². The molecule has 1 amide bonds. The topological polar surface area (TPSA) is 92.9 Å². The van der Waals surface area contributed by atoms with Crippen LogP contribution < -0.4 is 5.32 Å². The third kappa shape index (κ3) is 2.45. The summed E-state index contributed by atoms with van der Waals surface area (Å²) in [5.74, 6) is 0.251. The third-order valence-corrected chi connectivity index (χ3v) is 2.93. The van der Waals surface area contributed by atoms with E-state index in [0.29, 0.717) is 17.6 Å². The maximum absolute atomic E-state index is 11.2. The summed E-state index contributed by atoms with van der Waals surface area (Å²) in [5.41, 5.74) is 1.45. The van der Waals surface area contributed by atoms with Crippen molar-refractivity contribution in [3.05, 3.63) is 24.3 Å². The van der Waals surface area contributed by atoms with Crippen LogP contribution in [0.15, 0.2) is 24.3 Å². The van der Waals surface area contributed by atoms with Crippen LogP contribution in [0.2, 0.25) is 0 Å². The molecule has 1 aliphatic carbocycles. The minimum Gasteiger partial charge on any atom is -0.387 e. The molecule has 19 heavy (non-hydrogen) atoms. The Morgan fingerprint density at radius 2 is 2.32 bits per heavy atom. The number of aliphatic hydroxyl groups is 1. The number of benzene rings is 1. The van der Waals surface area contributed by atoms with Crippen molar-refractivity contribution in [2.75, 3.05) is 11.9 Å². The first-order chi connectivity index (χ1) is 9.28. The van der Waals surface area contributed by atoms with E-state index >= 15 is 0 Å². The van der Waals surface area contributed by atoms with Crippen LogP contribution in [0.3, 0.4) is 0 Å². The lowest BCUT2D eigenvalue weighted by Gasteiger charge is -2.06. The minimum atomic E-state index is -0.538. The average Bonchev–Trinajstić information content (AvgIpc) is 3.16. The lowest BCUT2D eigenvalue weighted by atomic mass is 10.2. The normalized spacial score (nSPS) is 14.4. The Balaban J connectivity index is 1.90. The zero-order chi connectivity index (χ0) is 13.2. The smallest absolute Gasteiger partial charge is 0.250 e. The Hall–Kier alpha value is -2.28. The van der Waals surface area contributed by atoms with E-state index in [1.54, 1.807) is 12.1 Å². The lowest BCUT2D eigenvalue weighted by Crippen LogP contribution is -2.15. The van der Waals surface area contributed by atoms with Gasteiger partial charge in [-0.15, -0.1) is 5.10 Å². The Kier molecular flexibility index (Phi) is 2.96. The van der Waals surface area contributed by atoms with Gasteiger partial charge in [0.05, 0.1) is 6.04 Å². The summed E-state index contributed by atoms with van der Waals surface area (Å²) in [6, 6.07) is 7.63. The monoisotopic (exact) mass is 259 g/mol. The highest BCUT2D eigenvalue weighted by Crippen LogP contribution is 2.36. The fourth-order valence-corrected chi connectivity index (χ4v) is 1.89. The fraction of sp³-hybridized carbons (Fsp3) is 0.333. The van der Waals surface area contributed by atoms with Crippen molar-refractivity contribution in [3.63, 3.8) is 0 Å². The molecule has 3 rings (SSSR count). The molecule has 98 valence electrons. The SMILES string of the molecule is O=C(CO)Nc1cccc(-c2nnnn2C2CC2)c1. The first-order valence-corrected chi connectivity index (χ1v) is 6.07. The van der Waals surface area contributed by atoms with Gasteiger partial charge in [-0.25, -0.2) is 4.68 Å². The highest BCUT2D eigenvalue weighted by Gasteiger charge is 2.28. The number of aromatic nitrogens is 4. The molecular formula is C12H13N5O2. The van der Waals surface area contributed by atoms with Crippen LogP contribution in [0, 0.1) is 0 Å². The van der Waals surface area contributed by atoms with Crippen molar-refractivity contribution >= 4 is 11.6 Å². The fourth-order valence-electron chi connectivity index (χ4n) is 1.89. The molecule has 1 aromatic carbocycles. The molecule has 2 N–H and O–H groups in total. The zero-order valence-electron chi connectivity index (χ0n) is 10.2. The van der Waals surface area contributed by atoms with Gasteiger partial charge in [0, 0.05) is 11.3 Å². The van der Waals surface area contributed by atoms with Gasteiger partial charge in [0.25, 0.3) is 0 Å². The van der Waals surface area contributed by atoms with Gasteiger partial charge in [0.1, 0.15) is 6.61 Å². The quantitative estimate of drug-likeness (QED) is 0.839. The van der Waals surface area contributed by atoms with Crippen molar-refractivity contribution in [1.82, 2.24) is 20.2 Å². The van der Waals surface area contributed by atoms with Crippen LogP contribution in [0.1, 0.15) is 18.9 Å². The Labute approximate surface area is 109 Å². The number of nitrogens with zero attached hydrogens (tertiary/aromatic N) is 4. The second kappa shape index (κ2) is 4.77. The molecule has 7 nitrogen and oxygen atoms in total.